The first-order chi connectivity index (χ1) is 9.47. The molecule has 1 aliphatic rings. The molecule has 0 aromatic heterocycles. The van der Waals surface area contributed by atoms with Crippen molar-refractivity contribution >= 4 is 0 Å². The van der Waals surface area contributed by atoms with E-state index in [0.29, 0.717) is 5.75 Å². The van der Waals surface area contributed by atoms with Crippen LogP contribution in [-0.4, -0.2) is 42.9 Å². The Bertz CT molecular complexity index is 431. The van der Waals surface area contributed by atoms with Gasteiger partial charge in [-0.1, -0.05) is 32.9 Å². The first-order valence-corrected chi connectivity index (χ1v) is 7.59. The minimum Gasteiger partial charge on any atom is -0.508 e. The molecule has 1 N–H and O–H groups in total. The van der Waals surface area contributed by atoms with Gasteiger partial charge in [0.1, 0.15) is 5.75 Å². The van der Waals surface area contributed by atoms with Crippen LogP contribution in [0.1, 0.15) is 38.3 Å². The lowest BCUT2D eigenvalue weighted by molar-refractivity contribution is 0.0374. The third kappa shape index (κ3) is 4.22. The number of phenolic OH excluding ortho intramolecular Hbond substituents is 1. The smallest absolute Gasteiger partial charge is 0.118 e. The van der Waals surface area contributed by atoms with Gasteiger partial charge in [0.15, 0.2) is 0 Å². The van der Waals surface area contributed by atoms with E-state index in [4.69, 9.17) is 4.74 Å². The SMILES string of the molecule is CC(C)(C)c1ccc(O)c(CCCN2CCOCC2)c1. The Kier molecular flexibility index (Phi) is 5.06. The second kappa shape index (κ2) is 6.59. The van der Waals surface area contributed by atoms with Crippen LogP contribution in [0.4, 0.5) is 0 Å². The van der Waals surface area contributed by atoms with Gasteiger partial charge in [0.05, 0.1) is 13.2 Å². The molecule has 2 rings (SSSR count). The molecule has 0 unspecified atom stereocenters. The molecular formula is C17H27NO2. The number of benzene rings is 1. The van der Waals surface area contributed by atoms with Gasteiger partial charge in [-0.05, 0) is 42.0 Å². The summed E-state index contributed by atoms with van der Waals surface area (Å²) in [7, 11) is 0. The van der Waals surface area contributed by atoms with E-state index in [-0.39, 0.29) is 5.41 Å². The van der Waals surface area contributed by atoms with Gasteiger partial charge in [0.2, 0.25) is 0 Å². The van der Waals surface area contributed by atoms with Gasteiger partial charge in [-0.15, -0.1) is 0 Å². The first kappa shape index (κ1) is 15.3. The summed E-state index contributed by atoms with van der Waals surface area (Å²) in [6.07, 6.45) is 2.02. The summed E-state index contributed by atoms with van der Waals surface area (Å²) in [6, 6.07) is 6.03. The van der Waals surface area contributed by atoms with Crippen LogP contribution in [0, 0.1) is 0 Å². The quantitative estimate of drug-likeness (QED) is 0.918. The van der Waals surface area contributed by atoms with Gasteiger partial charge in [-0.2, -0.15) is 0 Å². The third-order valence-corrected chi connectivity index (χ3v) is 3.97. The summed E-state index contributed by atoms with van der Waals surface area (Å²) in [4.78, 5) is 2.44. The molecule has 0 saturated carbocycles. The summed E-state index contributed by atoms with van der Waals surface area (Å²) in [5.74, 6) is 0.431. The maximum absolute atomic E-state index is 10.0. The van der Waals surface area contributed by atoms with E-state index in [1.54, 1.807) is 0 Å². The van der Waals surface area contributed by atoms with Crippen LogP contribution >= 0.6 is 0 Å². The lowest BCUT2D eigenvalue weighted by Gasteiger charge is -2.26. The number of ether oxygens (including phenoxy) is 1. The molecule has 1 aromatic carbocycles. The number of hydrogen-bond donors (Lipinski definition) is 1. The Morgan fingerprint density at radius 1 is 1.20 bits per heavy atom. The van der Waals surface area contributed by atoms with E-state index in [2.05, 4.69) is 31.7 Å². The molecule has 0 atom stereocenters. The van der Waals surface area contributed by atoms with Gasteiger partial charge in [0.25, 0.3) is 0 Å². The predicted octanol–water partition coefficient (Wildman–Crippen LogP) is 2.95. The highest BCUT2D eigenvalue weighted by molar-refractivity contribution is 5.38. The average Bonchev–Trinajstić information content (AvgIpc) is 2.41. The van der Waals surface area contributed by atoms with E-state index >= 15 is 0 Å². The summed E-state index contributed by atoms with van der Waals surface area (Å²) in [5, 5.41) is 10.0. The first-order valence-electron chi connectivity index (χ1n) is 7.59. The number of aryl methyl sites for hydroxylation is 1. The standard InChI is InChI=1S/C17H27NO2/c1-17(2,3)15-6-7-16(19)14(13-15)5-4-8-18-9-11-20-12-10-18/h6-7,13,19H,4-5,8-12H2,1-3H3. The normalized spacial score (nSPS) is 17.4. The summed E-state index contributed by atoms with van der Waals surface area (Å²) in [6.45, 7) is 11.5. The molecule has 3 nitrogen and oxygen atoms in total. The fraction of sp³-hybridized carbons (Fsp3) is 0.647. The Labute approximate surface area is 122 Å². The molecule has 0 spiro atoms. The lowest BCUT2D eigenvalue weighted by Crippen LogP contribution is -2.36. The Balaban J connectivity index is 1.91. The Morgan fingerprint density at radius 2 is 1.90 bits per heavy atom. The third-order valence-electron chi connectivity index (χ3n) is 3.97. The van der Waals surface area contributed by atoms with Crippen molar-refractivity contribution in [3.05, 3.63) is 29.3 Å². The topological polar surface area (TPSA) is 32.7 Å². The van der Waals surface area contributed by atoms with Crippen molar-refractivity contribution in [2.45, 2.75) is 39.0 Å². The maximum atomic E-state index is 10.0. The summed E-state index contributed by atoms with van der Waals surface area (Å²) < 4.78 is 5.35. The molecule has 1 aliphatic heterocycles. The minimum atomic E-state index is 0.132. The van der Waals surface area contributed by atoms with Gasteiger partial charge >= 0.3 is 0 Å². The van der Waals surface area contributed by atoms with E-state index in [9.17, 15) is 5.11 Å². The van der Waals surface area contributed by atoms with E-state index in [1.165, 1.54) is 5.56 Å². The predicted molar refractivity (Wildman–Crippen MR) is 82.4 cm³/mol. The van der Waals surface area contributed by atoms with Gasteiger partial charge < -0.3 is 9.84 Å². The van der Waals surface area contributed by atoms with Crippen molar-refractivity contribution in [1.82, 2.24) is 4.90 Å². The van der Waals surface area contributed by atoms with Crippen molar-refractivity contribution in [1.29, 1.82) is 0 Å². The van der Waals surface area contributed by atoms with Crippen LogP contribution in [0.3, 0.4) is 0 Å². The second-order valence-electron chi connectivity index (χ2n) is 6.65. The van der Waals surface area contributed by atoms with Crippen LogP contribution in [0.25, 0.3) is 0 Å². The van der Waals surface area contributed by atoms with E-state index in [0.717, 1.165) is 51.3 Å². The van der Waals surface area contributed by atoms with Gasteiger partial charge in [-0.3, -0.25) is 4.90 Å². The zero-order chi connectivity index (χ0) is 14.6. The minimum absolute atomic E-state index is 0.132. The summed E-state index contributed by atoms with van der Waals surface area (Å²) >= 11 is 0. The highest BCUT2D eigenvalue weighted by Gasteiger charge is 2.16. The zero-order valence-corrected chi connectivity index (χ0v) is 13.0. The number of morpholine rings is 1. The Morgan fingerprint density at radius 3 is 2.55 bits per heavy atom. The van der Waals surface area contributed by atoms with Crippen LogP contribution < -0.4 is 0 Å². The van der Waals surface area contributed by atoms with Crippen molar-refractivity contribution in [2.24, 2.45) is 0 Å². The van der Waals surface area contributed by atoms with E-state index in [1.807, 2.05) is 12.1 Å². The number of hydrogen-bond acceptors (Lipinski definition) is 3. The maximum Gasteiger partial charge on any atom is 0.118 e. The van der Waals surface area contributed by atoms with Crippen molar-refractivity contribution < 1.29 is 9.84 Å². The average molecular weight is 277 g/mol. The van der Waals surface area contributed by atoms with Crippen molar-refractivity contribution in [2.75, 3.05) is 32.8 Å². The number of aromatic hydroxyl groups is 1. The number of nitrogens with zero attached hydrogens (tertiary/aromatic N) is 1. The van der Waals surface area contributed by atoms with Crippen LogP contribution in [0.2, 0.25) is 0 Å². The van der Waals surface area contributed by atoms with Crippen LogP contribution in [0.15, 0.2) is 18.2 Å². The highest BCUT2D eigenvalue weighted by atomic mass is 16.5. The highest BCUT2D eigenvalue weighted by Crippen LogP contribution is 2.28. The van der Waals surface area contributed by atoms with E-state index < -0.39 is 0 Å². The molecule has 0 amide bonds. The van der Waals surface area contributed by atoms with Crippen LogP contribution in [-0.2, 0) is 16.6 Å². The molecule has 112 valence electrons. The fourth-order valence-corrected chi connectivity index (χ4v) is 2.57. The summed E-state index contributed by atoms with van der Waals surface area (Å²) in [5.41, 5.74) is 2.49. The molecular weight excluding hydrogens is 250 g/mol. The molecule has 1 aromatic rings. The van der Waals surface area contributed by atoms with Crippen molar-refractivity contribution in [3.63, 3.8) is 0 Å². The Hall–Kier alpha value is -1.06. The lowest BCUT2D eigenvalue weighted by atomic mass is 9.85. The largest absolute Gasteiger partial charge is 0.508 e. The molecule has 1 saturated heterocycles. The molecule has 0 radical (unpaired) electrons. The van der Waals surface area contributed by atoms with Gasteiger partial charge in [-0.25, -0.2) is 0 Å². The number of phenols is 1. The van der Waals surface area contributed by atoms with Crippen molar-refractivity contribution in [3.8, 4) is 5.75 Å². The fourth-order valence-electron chi connectivity index (χ4n) is 2.57. The second-order valence-corrected chi connectivity index (χ2v) is 6.65. The van der Waals surface area contributed by atoms with Gasteiger partial charge in [0, 0.05) is 13.1 Å². The molecule has 20 heavy (non-hydrogen) atoms. The monoisotopic (exact) mass is 277 g/mol. The molecule has 1 fully saturated rings. The molecule has 0 bridgehead atoms. The zero-order valence-electron chi connectivity index (χ0n) is 13.0. The molecule has 3 heteroatoms. The number of rotatable bonds is 4. The van der Waals surface area contributed by atoms with Crippen LogP contribution in [0.5, 0.6) is 5.75 Å². The molecule has 0 aliphatic carbocycles. The molecule has 1 heterocycles.